The number of hydrogen-bond donors (Lipinski definition) is 2. The van der Waals surface area contributed by atoms with Crippen LogP contribution in [0.2, 0.25) is 0 Å². The van der Waals surface area contributed by atoms with E-state index >= 15 is 0 Å². The van der Waals surface area contributed by atoms with Crippen molar-refractivity contribution in [2.75, 3.05) is 5.43 Å². The molecule has 0 radical (unpaired) electrons. The summed E-state index contributed by atoms with van der Waals surface area (Å²) in [5.41, 5.74) is 2.22. The number of aromatic nitrogens is 2. The molecule has 2 aromatic heterocycles. The summed E-state index contributed by atoms with van der Waals surface area (Å²) in [5, 5.41) is 11.5. The first-order valence-electron chi connectivity index (χ1n) is 8.85. The summed E-state index contributed by atoms with van der Waals surface area (Å²) in [7, 11) is 0. The van der Waals surface area contributed by atoms with Crippen LogP contribution in [-0.4, -0.2) is 20.3 Å². The molecule has 0 fully saturated rings. The Hall–Kier alpha value is -3.56. The predicted octanol–water partition coefficient (Wildman–Crippen LogP) is 3.38. The molecule has 0 aliphatic heterocycles. The molecule has 2 aromatic carbocycles. The van der Waals surface area contributed by atoms with Gasteiger partial charge in [0.05, 0.1) is 10.9 Å². The number of carbonyl (C=O) groups excluding carboxylic acids is 1. The van der Waals surface area contributed by atoms with Crippen molar-refractivity contribution in [3.63, 3.8) is 0 Å². The number of aromatic hydroxyl groups is 1. The van der Waals surface area contributed by atoms with Gasteiger partial charge in [0.15, 0.2) is 0 Å². The maximum Gasteiger partial charge on any atom is 0.329 e. The third-order valence-electron chi connectivity index (χ3n) is 4.59. The molecule has 4 rings (SSSR count). The minimum Gasteiger partial charge on any atom is -0.507 e. The fourth-order valence-corrected chi connectivity index (χ4v) is 4.66. The zero-order valence-electron chi connectivity index (χ0n) is 15.5. The molecule has 1 amide bonds. The van der Waals surface area contributed by atoms with Crippen LogP contribution >= 0.6 is 23.6 Å². The van der Waals surface area contributed by atoms with E-state index in [1.165, 1.54) is 16.7 Å². The Labute approximate surface area is 178 Å². The van der Waals surface area contributed by atoms with Crippen molar-refractivity contribution in [2.45, 2.75) is 6.54 Å². The van der Waals surface area contributed by atoms with Crippen LogP contribution in [0.15, 0.2) is 70.8 Å². The Balaban J connectivity index is 2.02. The quantitative estimate of drug-likeness (QED) is 0.290. The molecule has 2 heterocycles. The van der Waals surface area contributed by atoms with Gasteiger partial charge in [0, 0.05) is 17.3 Å². The molecule has 0 saturated carbocycles. The second-order valence-electron chi connectivity index (χ2n) is 6.40. The first-order valence-corrected chi connectivity index (χ1v) is 10.1. The van der Waals surface area contributed by atoms with E-state index < -0.39 is 10.8 Å². The largest absolute Gasteiger partial charge is 0.507 e. The second-order valence-corrected chi connectivity index (χ2v) is 7.72. The summed E-state index contributed by atoms with van der Waals surface area (Å²) >= 11 is 6.35. The smallest absolute Gasteiger partial charge is 0.329 e. The van der Waals surface area contributed by atoms with Crippen LogP contribution in [0, 0.1) is 4.64 Å². The molecule has 9 heteroatoms. The van der Waals surface area contributed by atoms with Gasteiger partial charge in [-0.05, 0) is 18.2 Å². The van der Waals surface area contributed by atoms with Crippen molar-refractivity contribution in [2.24, 2.45) is 0 Å². The SMILES string of the molecule is C=CCn1c(=O)c2ccccc2c2c(=S)n(NC(=O)c3ccccc3O)c(=O)sc21. The van der Waals surface area contributed by atoms with Crippen LogP contribution in [0.1, 0.15) is 10.4 Å². The number of pyridine rings is 1. The van der Waals surface area contributed by atoms with Crippen LogP contribution in [0.3, 0.4) is 0 Å². The maximum atomic E-state index is 12.9. The highest BCUT2D eigenvalue weighted by molar-refractivity contribution is 7.71. The Bertz CT molecular complexity index is 1520. The van der Waals surface area contributed by atoms with Crippen molar-refractivity contribution in [3.05, 3.63) is 91.4 Å². The number of phenolic OH excluding ortho intramolecular Hbond substituents is 1. The summed E-state index contributed by atoms with van der Waals surface area (Å²) in [6.07, 6.45) is 1.57. The van der Waals surface area contributed by atoms with Crippen LogP contribution < -0.4 is 15.9 Å². The van der Waals surface area contributed by atoms with Gasteiger partial charge in [-0.2, -0.15) is 4.68 Å². The van der Waals surface area contributed by atoms with Gasteiger partial charge >= 0.3 is 4.87 Å². The fraction of sp³-hybridized carbons (Fsp3) is 0.0476. The molecule has 0 bridgehead atoms. The van der Waals surface area contributed by atoms with Crippen molar-refractivity contribution in [1.82, 2.24) is 9.24 Å². The number of phenols is 1. The van der Waals surface area contributed by atoms with E-state index in [2.05, 4.69) is 12.0 Å². The van der Waals surface area contributed by atoms with E-state index in [9.17, 15) is 19.5 Å². The zero-order valence-corrected chi connectivity index (χ0v) is 17.1. The summed E-state index contributed by atoms with van der Waals surface area (Å²) in [6, 6.07) is 12.9. The number of benzene rings is 2. The Morgan fingerprint density at radius 1 is 1.13 bits per heavy atom. The molecule has 30 heavy (non-hydrogen) atoms. The number of fused-ring (bicyclic) bond motifs is 3. The van der Waals surface area contributed by atoms with Gasteiger partial charge in [-0.25, -0.2) is 0 Å². The van der Waals surface area contributed by atoms with E-state index in [4.69, 9.17) is 12.2 Å². The summed E-state index contributed by atoms with van der Waals surface area (Å²) < 4.78 is 2.47. The van der Waals surface area contributed by atoms with Crippen LogP contribution in [0.25, 0.3) is 21.0 Å². The highest BCUT2D eigenvalue weighted by Crippen LogP contribution is 2.25. The van der Waals surface area contributed by atoms with E-state index in [1.54, 1.807) is 42.5 Å². The third kappa shape index (κ3) is 3.14. The van der Waals surface area contributed by atoms with Crippen LogP contribution in [0.4, 0.5) is 0 Å². The fourth-order valence-electron chi connectivity index (χ4n) is 3.23. The summed E-state index contributed by atoms with van der Waals surface area (Å²) in [5.74, 6) is -0.903. The number of hydrogen-bond acceptors (Lipinski definition) is 6. The van der Waals surface area contributed by atoms with E-state index in [0.29, 0.717) is 21.0 Å². The molecule has 0 saturated heterocycles. The van der Waals surface area contributed by atoms with Crippen LogP contribution in [0.5, 0.6) is 5.75 Å². The normalized spacial score (nSPS) is 10.9. The van der Waals surface area contributed by atoms with Gasteiger partial charge in [0.2, 0.25) is 0 Å². The van der Waals surface area contributed by atoms with E-state index in [1.807, 2.05) is 0 Å². The number of allylic oxidation sites excluding steroid dienone is 1. The number of rotatable bonds is 4. The molecular formula is C21H15N3O4S2. The molecule has 150 valence electrons. The van der Waals surface area contributed by atoms with Crippen molar-refractivity contribution in [1.29, 1.82) is 0 Å². The molecule has 0 aliphatic carbocycles. The first kappa shape index (κ1) is 19.7. The molecular weight excluding hydrogens is 422 g/mol. The minimum atomic E-state index is -0.684. The first-order chi connectivity index (χ1) is 14.4. The van der Waals surface area contributed by atoms with Gasteiger partial charge in [0.1, 0.15) is 15.2 Å². The number of amides is 1. The predicted molar refractivity (Wildman–Crippen MR) is 121 cm³/mol. The lowest BCUT2D eigenvalue weighted by atomic mass is 10.1. The summed E-state index contributed by atoms with van der Waals surface area (Å²) in [4.78, 5) is 38.2. The van der Waals surface area contributed by atoms with Crippen molar-refractivity contribution in [3.8, 4) is 5.75 Å². The molecule has 0 unspecified atom stereocenters. The van der Waals surface area contributed by atoms with Crippen LogP contribution in [-0.2, 0) is 6.54 Å². The number of nitrogens with zero attached hydrogens (tertiary/aromatic N) is 2. The molecule has 7 nitrogen and oxygen atoms in total. The highest BCUT2D eigenvalue weighted by atomic mass is 32.1. The molecule has 0 aliphatic rings. The average Bonchev–Trinajstić information content (AvgIpc) is 2.74. The lowest BCUT2D eigenvalue weighted by Gasteiger charge is -2.14. The highest BCUT2D eigenvalue weighted by Gasteiger charge is 2.18. The maximum absolute atomic E-state index is 12.9. The molecule has 0 atom stereocenters. The van der Waals surface area contributed by atoms with Gasteiger partial charge in [0.25, 0.3) is 11.5 Å². The second kappa shape index (κ2) is 7.69. The number of para-hydroxylation sites is 1. The van der Waals surface area contributed by atoms with E-state index in [-0.39, 0.29) is 28.1 Å². The summed E-state index contributed by atoms with van der Waals surface area (Å²) in [6.45, 7) is 3.89. The lowest BCUT2D eigenvalue weighted by molar-refractivity contribution is 0.100. The van der Waals surface area contributed by atoms with Crippen molar-refractivity contribution >= 4 is 50.5 Å². The van der Waals surface area contributed by atoms with Gasteiger partial charge in [-0.15, -0.1) is 6.58 Å². The Morgan fingerprint density at radius 2 is 1.80 bits per heavy atom. The van der Waals surface area contributed by atoms with Gasteiger partial charge in [-0.1, -0.05) is 60.0 Å². The Kier molecular flexibility index (Phi) is 5.06. The standard InChI is InChI=1S/C21H15N3O4S2/c1-2-11-23-18(27)13-8-4-3-7-12(13)16-19(29)24(21(28)30-20(16)23)22-17(26)14-9-5-6-10-15(14)25/h2-10,25H,1,11H2,(H,22,26). The zero-order chi connectivity index (χ0) is 21.4. The topological polar surface area (TPSA) is 93.3 Å². The lowest BCUT2D eigenvalue weighted by Crippen LogP contribution is -2.33. The van der Waals surface area contributed by atoms with Crippen molar-refractivity contribution < 1.29 is 9.90 Å². The van der Waals surface area contributed by atoms with E-state index in [0.717, 1.165) is 16.0 Å². The Morgan fingerprint density at radius 3 is 2.50 bits per heavy atom. The number of carbonyl (C=O) groups is 1. The molecule has 2 N–H and O–H groups in total. The minimum absolute atomic E-state index is 0.00498. The third-order valence-corrected chi connectivity index (χ3v) is 5.95. The van der Waals surface area contributed by atoms with Gasteiger partial charge in [-0.3, -0.25) is 24.4 Å². The molecule has 4 aromatic rings. The monoisotopic (exact) mass is 437 g/mol. The van der Waals surface area contributed by atoms with Gasteiger partial charge < -0.3 is 5.11 Å². The molecule has 0 spiro atoms. The number of nitrogens with one attached hydrogen (secondary N) is 1. The average molecular weight is 438 g/mol.